The van der Waals surface area contributed by atoms with Crippen molar-refractivity contribution in [3.63, 3.8) is 0 Å². The third-order valence-corrected chi connectivity index (χ3v) is 6.98. The number of hydroxylamine groups is 2. The maximum atomic E-state index is 10.5. The Morgan fingerprint density at radius 3 is 3.05 bits per heavy atom. The third-order valence-electron chi connectivity index (χ3n) is 6.98. The molecule has 0 amide bonds. The number of fused-ring (bicyclic) bond motifs is 1. The van der Waals surface area contributed by atoms with Gasteiger partial charge in [0, 0.05) is 23.4 Å². The molecule has 0 aromatic heterocycles. The van der Waals surface area contributed by atoms with Gasteiger partial charge in [-0.25, -0.2) is 0 Å². The van der Waals surface area contributed by atoms with Gasteiger partial charge in [-0.05, 0) is 67.7 Å². The predicted octanol–water partition coefficient (Wildman–Crippen LogP) is 3.31. The quantitative estimate of drug-likeness (QED) is 0.722. The molecular formula is C19H23NO2. The molecule has 0 radical (unpaired) electrons. The summed E-state index contributed by atoms with van der Waals surface area (Å²) in [5.74, 6) is 0.940. The van der Waals surface area contributed by atoms with Crippen molar-refractivity contribution in [1.29, 1.82) is 0 Å². The fourth-order valence-corrected chi connectivity index (χ4v) is 6.47. The van der Waals surface area contributed by atoms with Gasteiger partial charge in [0.2, 0.25) is 0 Å². The van der Waals surface area contributed by atoms with Gasteiger partial charge in [-0.3, -0.25) is 0 Å². The van der Waals surface area contributed by atoms with E-state index in [9.17, 15) is 10.3 Å². The zero-order valence-electron chi connectivity index (χ0n) is 13.0. The molecule has 3 nitrogen and oxygen atoms in total. The molecule has 4 aliphatic rings. The number of nitrogens with zero attached hydrogens (tertiary/aromatic N) is 1. The smallest absolute Gasteiger partial charge is 0.118 e. The second kappa shape index (κ2) is 3.95. The van der Waals surface area contributed by atoms with Crippen LogP contribution in [0.3, 0.4) is 0 Å². The normalized spacial score (nSPS) is 42.1. The summed E-state index contributed by atoms with van der Waals surface area (Å²) in [5.41, 5.74) is 4.16. The Kier molecular flexibility index (Phi) is 2.36. The molecule has 5 rings (SSSR count). The van der Waals surface area contributed by atoms with Crippen molar-refractivity contribution in [2.45, 2.75) is 50.5 Å². The first-order chi connectivity index (χ1) is 10.6. The van der Waals surface area contributed by atoms with Gasteiger partial charge in [0.1, 0.15) is 5.75 Å². The van der Waals surface area contributed by atoms with Gasteiger partial charge in [0.25, 0.3) is 0 Å². The zero-order valence-corrected chi connectivity index (χ0v) is 13.0. The second-order valence-electron chi connectivity index (χ2n) is 7.95. The molecule has 4 atom stereocenters. The van der Waals surface area contributed by atoms with Crippen molar-refractivity contribution in [3.05, 3.63) is 41.0 Å². The van der Waals surface area contributed by atoms with Crippen LogP contribution >= 0.6 is 0 Å². The number of benzene rings is 1. The van der Waals surface area contributed by atoms with Crippen molar-refractivity contribution in [2.75, 3.05) is 6.54 Å². The maximum Gasteiger partial charge on any atom is 0.118 e. The minimum atomic E-state index is 0.162. The van der Waals surface area contributed by atoms with E-state index in [0.717, 1.165) is 31.4 Å². The van der Waals surface area contributed by atoms with Crippen LogP contribution in [0.5, 0.6) is 5.75 Å². The van der Waals surface area contributed by atoms with Crippen LogP contribution in [0.15, 0.2) is 24.3 Å². The van der Waals surface area contributed by atoms with E-state index in [4.69, 9.17) is 0 Å². The van der Waals surface area contributed by atoms with Gasteiger partial charge in [0.15, 0.2) is 0 Å². The highest BCUT2D eigenvalue weighted by Crippen LogP contribution is 2.71. The van der Waals surface area contributed by atoms with E-state index in [1.807, 2.05) is 6.07 Å². The lowest BCUT2D eigenvalue weighted by atomic mass is 9.38. The molecule has 3 aliphatic carbocycles. The molecule has 3 unspecified atom stereocenters. The average molecular weight is 297 g/mol. The second-order valence-corrected chi connectivity index (χ2v) is 7.95. The Hall–Kier alpha value is -1.32. The van der Waals surface area contributed by atoms with Crippen LogP contribution in [0.1, 0.15) is 42.4 Å². The first-order valence-corrected chi connectivity index (χ1v) is 8.53. The Morgan fingerprint density at radius 1 is 1.32 bits per heavy atom. The molecule has 2 N–H and O–H groups in total. The molecule has 1 heterocycles. The highest BCUT2D eigenvalue weighted by Gasteiger charge is 2.71. The van der Waals surface area contributed by atoms with E-state index in [1.54, 1.807) is 5.06 Å². The first-order valence-electron chi connectivity index (χ1n) is 8.53. The number of hydrogen-bond donors (Lipinski definition) is 2. The van der Waals surface area contributed by atoms with Gasteiger partial charge in [-0.2, -0.15) is 5.06 Å². The Bertz CT molecular complexity index is 697. The van der Waals surface area contributed by atoms with Crippen LogP contribution in [0.25, 0.3) is 0 Å². The lowest BCUT2D eigenvalue weighted by molar-refractivity contribution is -0.114. The molecule has 1 aliphatic heterocycles. The number of phenols is 1. The molecular weight excluding hydrogens is 274 g/mol. The topological polar surface area (TPSA) is 43.7 Å². The summed E-state index contributed by atoms with van der Waals surface area (Å²) in [6, 6.07) is 4.16. The molecule has 2 fully saturated rings. The molecule has 2 bridgehead atoms. The van der Waals surface area contributed by atoms with E-state index in [0.29, 0.717) is 11.7 Å². The summed E-state index contributed by atoms with van der Waals surface area (Å²) in [6.45, 7) is 2.85. The summed E-state index contributed by atoms with van der Waals surface area (Å²) >= 11 is 0. The van der Waals surface area contributed by atoms with Gasteiger partial charge < -0.3 is 10.3 Å². The first kappa shape index (κ1) is 13.1. The fourth-order valence-electron chi connectivity index (χ4n) is 6.47. The highest BCUT2D eigenvalue weighted by molar-refractivity contribution is 5.55. The minimum Gasteiger partial charge on any atom is -0.508 e. The van der Waals surface area contributed by atoms with E-state index < -0.39 is 0 Å². The summed E-state index contributed by atoms with van der Waals surface area (Å²) in [6.07, 6.45) is 10.3. The van der Waals surface area contributed by atoms with Gasteiger partial charge in [-0.15, -0.1) is 0 Å². The van der Waals surface area contributed by atoms with E-state index in [2.05, 4.69) is 25.1 Å². The number of rotatable bonds is 0. The van der Waals surface area contributed by atoms with Gasteiger partial charge in [0.05, 0.1) is 0 Å². The Labute approximate surface area is 131 Å². The molecule has 1 aromatic rings. The van der Waals surface area contributed by atoms with E-state index in [1.165, 1.54) is 24.0 Å². The van der Waals surface area contributed by atoms with Crippen LogP contribution < -0.4 is 0 Å². The Balaban J connectivity index is 1.77. The van der Waals surface area contributed by atoms with Crippen molar-refractivity contribution < 1.29 is 10.3 Å². The number of aromatic hydroxyl groups is 1. The summed E-state index contributed by atoms with van der Waals surface area (Å²) in [5, 5.41) is 22.4. The molecule has 22 heavy (non-hydrogen) atoms. The SMILES string of the molecule is Cc1c(O)ccc2c1[C@@]13CCCC=CC4(CN(O)C(C2)C41)C3. The fraction of sp³-hybridized carbons (Fsp3) is 0.579. The van der Waals surface area contributed by atoms with Crippen LogP contribution in [0.4, 0.5) is 0 Å². The molecule has 1 saturated carbocycles. The van der Waals surface area contributed by atoms with E-state index in [-0.39, 0.29) is 16.9 Å². The summed E-state index contributed by atoms with van der Waals surface area (Å²) in [4.78, 5) is 0. The highest BCUT2D eigenvalue weighted by atomic mass is 16.5. The largest absolute Gasteiger partial charge is 0.508 e. The van der Waals surface area contributed by atoms with Gasteiger partial charge >= 0.3 is 0 Å². The standard InChI is InChI=1S/C19H23NO2/c1-12-15(21)6-5-13-9-14-17-18(11-20(14)22)7-3-2-4-8-19(17,10-18)16(12)13/h3,5-7,14,17,21-22H,2,4,8-11H2,1H3/t14?,17?,18?,19-/m0/s1. The predicted molar refractivity (Wildman–Crippen MR) is 84.0 cm³/mol. The lowest BCUT2D eigenvalue weighted by Crippen LogP contribution is -2.63. The average Bonchev–Trinajstić information content (AvgIpc) is 2.68. The maximum absolute atomic E-state index is 10.5. The summed E-state index contributed by atoms with van der Waals surface area (Å²) in [7, 11) is 0. The third kappa shape index (κ3) is 1.31. The molecule has 1 saturated heterocycles. The van der Waals surface area contributed by atoms with Gasteiger partial charge in [-0.1, -0.05) is 18.2 Å². The molecule has 1 aromatic carbocycles. The van der Waals surface area contributed by atoms with Crippen molar-refractivity contribution in [3.8, 4) is 5.75 Å². The Morgan fingerprint density at radius 2 is 2.18 bits per heavy atom. The van der Waals surface area contributed by atoms with Crippen LogP contribution in [0.2, 0.25) is 0 Å². The van der Waals surface area contributed by atoms with Crippen LogP contribution in [0, 0.1) is 18.3 Å². The van der Waals surface area contributed by atoms with Crippen molar-refractivity contribution in [1.82, 2.24) is 5.06 Å². The molecule has 116 valence electrons. The van der Waals surface area contributed by atoms with Crippen LogP contribution in [-0.2, 0) is 11.8 Å². The molecule has 0 spiro atoms. The molecule has 3 heteroatoms. The number of allylic oxidation sites excluding steroid dienone is 1. The number of hydrogen-bond acceptors (Lipinski definition) is 3. The number of phenolic OH excluding ortho intramolecular Hbond substituents is 1. The lowest BCUT2D eigenvalue weighted by Gasteiger charge is -2.64. The summed E-state index contributed by atoms with van der Waals surface area (Å²) < 4.78 is 0. The monoisotopic (exact) mass is 297 g/mol. The van der Waals surface area contributed by atoms with Crippen LogP contribution in [-0.4, -0.2) is 28.0 Å². The van der Waals surface area contributed by atoms with E-state index >= 15 is 0 Å². The van der Waals surface area contributed by atoms with Crippen molar-refractivity contribution >= 4 is 0 Å². The zero-order chi connectivity index (χ0) is 15.1. The van der Waals surface area contributed by atoms with Crippen molar-refractivity contribution in [2.24, 2.45) is 11.3 Å². The minimum absolute atomic E-state index is 0.162.